The molecule has 12 aromatic rings. The SMILES string of the molecule is c1ccc(-n2c3ccc(-c4ccc5c6ccc7ccccc7c6n(-c6ccccc6)c5c4)cc3c3cc4c5ccccc5c5ccccc5c4cc32)cc1. The maximum absolute atomic E-state index is 2.46. The average molecular weight is 685 g/mol. The highest BCUT2D eigenvalue weighted by Gasteiger charge is 2.19. The summed E-state index contributed by atoms with van der Waals surface area (Å²) in [5, 5.41) is 15.3. The van der Waals surface area contributed by atoms with Crippen LogP contribution in [0.2, 0.25) is 0 Å². The lowest BCUT2D eigenvalue weighted by molar-refractivity contribution is 1.18. The smallest absolute Gasteiger partial charge is 0.0619 e. The predicted molar refractivity (Wildman–Crippen MR) is 231 cm³/mol. The predicted octanol–water partition coefficient (Wildman–Crippen LogP) is 14.2. The van der Waals surface area contributed by atoms with Crippen LogP contribution in [0.15, 0.2) is 194 Å². The van der Waals surface area contributed by atoms with Gasteiger partial charge in [-0.15, -0.1) is 0 Å². The first kappa shape index (κ1) is 29.4. The highest BCUT2D eigenvalue weighted by molar-refractivity contribution is 6.29. The monoisotopic (exact) mass is 684 g/mol. The first-order valence-electron chi connectivity index (χ1n) is 18.7. The molecule has 0 aliphatic heterocycles. The van der Waals surface area contributed by atoms with Gasteiger partial charge in [-0.05, 0) is 103 Å². The normalized spacial score (nSPS) is 12.1. The van der Waals surface area contributed by atoms with Crippen molar-refractivity contribution < 1.29 is 0 Å². The summed E-state index contributed by atoms with van der Waals surface area (Å²) < 4.78 is 4.90. The fraction of sp³-hybridized carbons (Fsp3) is 0. The van der Waals surface area contributed by atoms with Crippen molar-refractivity contribution >= 4 is 86.7 Å². The molecule has 0 unspecified atom stereocenters. The molecule has 0 amide bonds. The Balaban J connectivity index is 1.16. The zero-order chi connectivity index (χ0) is 35.3. The molecule has 0 aliphatic carbocycles. The minimum absolute atomic E-state index is 1.16. The summed E-state index contributed by atoms with van der Waals surface area (Å²) in [5.41, 5.74) is 9.61. The maximum atomic E-state index is 2.46. The van der Waals surface area contributed by atoms with Gasteiger partial charge in [-0.3, -0.25) is 0 Å². The minimum atomic E-state index is 1.16. The Labute approximate surface area is 311 Å². The summed E-state index contributed by atoms with van der Waals surface area (Å²) in [6.45, 7) is 0. The molecule has 0 atom stereocenters. The number of rotatable bonds is 3. The number of nitrogens with zero attached hydrogens (tertiary/aromatic N) is 2. The molecule has 0 aliphatic rings. The van der Waals surface area contributed by atoms with Gasteiger partial charge in [0, 0.05) is 38.3 Å². The van der Waals surface area contributed by atoms with E-state index in [4.69, 9.17) is 0 Å². The van der Waals surface area contributed by atoms with Crippen molar-refractivity contribution in [1.82, 2.24) is 9.13 Å². The van der Waals surface area contributed by atoms with Crippen molar-refractivity contribution in [2.75, 3.05) is 0 Å². The first-order valence-corrected chi connectivity index (χ1v) is 18.7. The van der Waals surface area contributed by atoms with E-state index < -0.39 is 0 Å². The van der Waals surface area contributed by atoms with Gasteiger partial charge in [0.2, 0.25) is 0 Å². The van der Waals surface area contributed by atoms with Gasteiger partial charge in [0.05, 0.1) is 22.1 Å². The van der Waals surface area contributed by atoms with Crippen LogP contribution in [0, 0.1) is 0 Å². The van der Waals surface area contributed by atoms with Gasteiger partial charge in [-0.25, -0.2) is 0 Å². The highest BCUT2D eigenvalue weighted by atomic mass is 15.0. The number of hydrogen-bond acceptors (Lipinski definition) is 0. The fourth-order valence-corrected chi connectivity index (χ4v) is 9.25. The van der Waals surface area contributed by atoms with E-state index in [2.05, 4.69) is 203 Å². The lowest BCUT2D eigenvalue weighted by Crippen LogP contribution is -1.94. The molecule has 0 radical (unpaired) electrons. The van der Waals surface area contributed by atoms with E-state index in [0.717, 1.165) is 5.69 Å². The minimum Gasteiger partial charge on any atom is -0.309 e. The number of aromatic nitrogens is 2. The van der Waals surface area contributed by atoms with Crippen LogP contribution in [-0.2, 0) is 0 Å². The second-order valence-corrected chi connectivity index (χ2v) is 14.5. The van der Waals surface area contributed by atoms with Gasteiger partial charge < -0.3 is 9.13 Å². The largest absolute Gasteiger partial charge is 0.309 e. The number of benzene rings is 10. The van der Waals surface area contributed by atoms with Gasteiger partial charge in [0.15, 0.2) is 0 Å². The molecule has 250 valence electrons. The van der Waals surface area contributed by atoms with Crippen LogP contribution in [0.1, 0.15) is 0 Å². The van der Waals surface area contributed by atoms with E-state index in [1.54, 1.807) is 0 Å². The molecule has 0 N–H and O–H groups in total. The Bertz CT molecular complexity index is 3480. The van der Waals surface area contributed by atoms with Crippen molar-refractivity contribution in [2.24, 2.45) is 0 Å². The molecule has 2 heterocycles. The van der Waals surface area contributed by atoms with Gasteiger partial charge in [0.25, 0.3) is 0 Å². The third-order valence-electron chi connectivity index (χ3n) is 11.6. The van der Waals surface area contributed by atoms with E-state index in [9.17, 15) is 0 Å². The van der Waals surface area contributed by atoms with Crippen molar-refractivity contribution in [1.29, 1.82) is 0 Å². The second kappa shape index (κ2) is 11.2. The Hall–Kier alpha value is -7.16. The Morgan fingerprint density at radius 2 is 0.741 bits per heavy atom. The lowest BCUT2D eigenvalue weighted by Gasteiger charge is -2.12. The van der Waals surface area contributed by atoms with Crippen LogP contribution in [-0.4, -0.2) is 9.13 Å². The molecule has 0 saturated carbocycles. The number of hydrogen-bond donors (Lipinski definition) is 0. The summed E-state index contributed by atoms with van der Waals surface area (Å²) in [7, 11) is 0. The fourth-order valence-electron chi connectivity index (χ4n) is 9.25. The molecule has 0 bridgehead atoms. The lowest BCUT2D eigenvalue weighted by atomic mass is 9.93. The quantitative estimate of drug-likeness (QED) is 0.164. The summed E-state index contributed by atoms with van der Waals surface area (Å²) in [6.07, 6.45) is 0. The molecule has 2 nitrogen and oxygen atoms in total. The van der Waals surface area contributed by atoms with Crippen LogP contribution in [0.25, 0.3) is 109 Å². The molecule has 0 fully saturated rings. The standard InChI is InChI=1S/C52H32N2/c1-3-14-36(15-4-1)53-49-28-25-34(29-47(49)48-31-45-41-21-11-9-19-39(41)40-20-10-12-22-42(40)46(45)32-51(48)53)35-24-26-43-44-27-23-33-13-7-8-18-38(33)52(44)54(50(43)30-35)37-16-5-2-6-17-37/h1-32H. The van der Waals surface area contributed by atoms with Crippen molar-refractivity contribution in [2.45, 2.75) is 0 Å². The zero-order valence-electron chi connectivity index (χ0n) is 29.4. The van der Waals surface area contributed by atoms with Crippen LogP contribution < -0.4 is 0 Å². The number of para-hydroxylation sites is 2. The molecule has 54 heavy (non-hydrogen) atoms. The average Bonchev–Trinajstić information content (AvgIpc) is 3.75. The molecule has 0 saturated heterocycles. The Morgan fingerprint density at radius 3 is 1.44 bits per heavy atom. The topological polar surface area (TPSA) is 9.86 Å². The van der Waals surface area contributed by atoms with E-state index in [1.165, 1.54) is 104 Å². The first-order chi connectivity index (χ1) is 26.8. The number of fused-ring (bicyclic) bond motifs is 14. The molecule has 2 aromatic heterocycles. The van der Waals surface area contributed by atoms with Gasteiger partial charge in [0.1, 0.15) is 0 Å². The van der Waals surface area contributed by atoms with Crippen molar-refractivity contribution in [3.63, 3.8) is 0 Å². The molecule has 12 rings (SSSR count). The Kier molecular flexibility index (Phi) is 6.09. The second-order valence-electron chi connectivity index (χ2n) is 14.5. The maximum Gasteiger partial charge on any atom is 0.0619 e. The van der Waals surface area contributed by atoms with Gasteiger partial charge >= 0.3 is 0 Å². The van der Waals surface area contributed by atoms with Crippen LogP contribution >= 0.6 is 0 Å². The molecular formula is C52H32N2. The highest BCUT2D eigenvalue weighted by Crippen LogP contribution is 2.43. The van der Waals surface area contributed by atoms with Crippen LogP contribution in [0.5, 0.6) is 0 Å². The molecule has 0 spiro atoms. The van der Waals surface area contributed by atoms with E-state index >= 15 is 0 Å². The van der Waals surface area contributed by atoms with E-state index in [-0.39, 0.29) is 0 Å². The summed E-state index contributed by atoms with van der Waals surface area (Å²) >= 11 is 0. The third kappa shape index (κ3) is 4.11. The van der Waals surface area contributed by atoms with Crippen molar-refractivity contribution in [3.8, 4) is 22.5 Å². The summed E-state index contributed by atoms with van der Waals surface area (Å²) in [4.78, 5) is 0. The van der Waals surface area contributed by atoms with Gasteiger partial charge in [-0.1, -0.05) is 140 Å². The van der Waals surface area contributed by atoms with Crippen molar-refractivity contribution in [3.05, 3.63) is 194 Å². The summed E-state index contributed by atoms with van der Waals surface area (Å²) in [6, 6.07) is 71.5. The van der Waals surface area contributed by atoms with Gasteiger partial charge in [-0.2, -0.15) is 0 Å². The molecule has 10 aromatic carbocycles. The summed E-state index contributed by atoms with van der Waals surface area (Å²) in [5.74, 6) is 0. The van der Waals surface area contributed by atoms with E-state index in [0.29, 0.717) is 0 Å². The van der Waals surface area contributed by atoms with Crippen LogP contribution in [0.4, 0.5) is 0 Å². The zero-order valence-corrected chi connectivity index (χ0v) is 29.4. The third-order valence-corrected chi connectivity index (χ3v) is 11.6. The van der Waals surface area contributed by atoms with Crippen LogP contribution in [0.3, 0.4) is 0 Å². The molecular weight excluding hydrogens is 653 g/mol. The molecule has 2 heteroatoms. The Morgan fingerprint density at radius 1 is 0.241 bits per heavy atom. The van der Waals surface area contributed by atoms with E-state index in [1.807, 2.05) is 0 Å².